The molecule has 0 aliphatic heterocycles. The number of carbonyl (C=O) groups is 1. The van der Waals surface area contributed by atoms with E-state index in [1.807, 2.05) is 0 Å². The van der Waals surface area contributed by atoms with Crippen LogP contribution in [-0.4, -0.2) is 24.0 Å². The van der Waals surface area contributed by atoms with Crippen molar-refractivity contribution in [3.63, 3.8) is 0 Å². The van der Waals surface area contributed by atoms with Gasteiger partial charge in [0.25, 0.3) is 5.91 Å². The summed E-state index contributed by atoms with van der Waals surface area (Å²) >= 11 is 3.26. The molecule has 5 heteroatoms. The summed E-state index contributed by atoms with van der Waals surface area (Å²) in [5.41, 5.74) is 5.71. The minimum atomic E-state index is -0.175. The molecular formula is C9H12BrN3O. The summed E-state index contributed by atoms with van der Waals surface area (Å²) < 4.78 is 0.699. The SMILES string of the molecule is NCCCNC(=O)c1ncccc1Br. The van der Waals surface area contributed by atoms with Crippen LogP contribution in [0, 0.1) is 0 Å². The molecule has 1 aromatic rings. The van der Waals surface area contributed by atoms with E-state index >= 15 is 0 Å². The van der Waals surface area contributed by atoms with Crippen LogP contribution in [0.1, 0.15) is 16.9 Å². The number of rotatable bonds is 4. The standard InChI is InChI=1S/C9H12BrN3O/c10-7-3-1-5-12-8(7)9(14)13-6-2-4-11/h1,3,5H,2,4,6,11H2,(H,13,14). The lowest BCUT2D eigenvalue weighted by atomic mass is 10.3. The van der Waals surface area contributed by atoms with Crippen molar-refractivity contribution in [3.8, 4) is 0 Å². The lowest BCUT2D eigenvalue weighted by Gasteiger charge is -2.04. The van der Waals surface area contributed by atoms with Crippen molar-refractivity contribution in [1.82, 2.24) is 10.3 Å². The smallest absolute Gasteiger partial charge is 0.271 e. The van der Waals surface area contributed by atoms with Crippen molar-refractivity contribution in [2.24, 2.45) is 5.73 Å². The Labute approximate surface area is 91.0 Å². The molecule has 4 nitrogen and oxygen atoms in total. The van der Waals surface area contributed by atoms with Crippen LogP contribution in [-0.2, 0) is 0 Å². The summed E-state index contributed by atoms with van der Waals surface area (Å²) in [5, 5.41) is 2.73. The summed E-state index contributed by atoms with van der Waals surface area (Å²) in [6.45, 7) is 1.15. The first kappa shape index (κ1) is 11.1. The molecule has 1 heterocycles. The number of hydrogen-bond donors (Lipinski definition) is 2. The summed E-state index contributed by atoms with van der Waals surface area (Å²) in [5.74, 6) is -0.175. The molecule has 1 rings (SSSR count). The van der Waals surface area contributed by atoms with Gasteiger partial charge in [-0.15, -0.1) is 0 Å². The predicted octanol–water partition coefficient (Wildman–Crippen LogP) is 0.923. The molecule has 14 heavy (non-hydrogen) atoms. The zero-order valence-electron chi connectivity index (χ0n) is 7.66. The molecule has 0 aliphatic carbocycles. The highest BCUT2D eigenvalue weighted by molar-refractivity contribution is 9.10. The van der Waals surface area contributed by atoms with E-state index in [0.717, 1.165) is 6.42 Å². The van der Waals surface area contributed by atoms with Crippen molar-refractivity contribution < 1.29 is 4.79 Å². The van der Waals surface area contributed by atoms with Crippen molar-refractivity contribution in [2.45, 2.75) is 6.42 Å². The van der Waals surface area contributed by atoms with E-state index in [1.165, 1.54) is 0 Å². The maximum absolute atomic E-state index is 11.5. The van der Waals surface area contributed by atoms with Gasteiger partial charge in [-0.25, -0.2) is 4.98 Å². The van der Waals surface area contributed by atoms with Crippen LogP contribution in [0.4, 0.5) is 0 Å². The second kappa shape index (κ2) is 5.72. The first-order valence-electron chi connectivity index (χ1n) is 4.34. The molecule has 0 radical (unpaired) electrons. The van der Waals surface area contributed by atoms with Crippen LogP contribution >= 0.6 is 15.9 Å². The summed E-state index contributed by atoms with van der Waals surface area (Å²) in [6, 6.07) is 3.55. The van der Waals surface area contributed by atoms with Gasteiger partial charge in [-0.05, 0) is 41.0 Å². The summed E-state index contributed by atoms with van der Waals surface area (Å²) in [7, 11) is 0. The first-order chi connectivity index (χ1) is 6.75. The van der Waals surface area contributed by atoms with E-state index in [0.29, 0.717) is 23.3 Å². The zero-order chi connectivity index (χ0) is 10.4. The molecular weight excluding hydrogens is 246 g/mol. The molecule has 76 valence electrons. The van der Waals surface area contributed by atoms with Gasteiger partial charge < -0.3 is 11.1 Å². The van der Waals surface area contributed by atoms with Crippen LogP contribution in [0.3, 0.4) is 0 Å². The van der Waals surface area contributed by atoms with Crippen LogP contribution in [0.2, 0.25) is 0 Å². The van der Waals surface area contributed by atoms with Crippen molar-refractivity contribution in [3.05, 3.63) is 28.5 Å². The summed E-state index contributed by atoms with van der Waals surface area (Å²) in [4.78, 5) is 15.5. The molecule has 0 bridgehead atoms. The fraction of sp³-hybridized carbons (Fsp3) is 0.333. The highest BCUT2D eigenvalue weighted by atomic mass is 79.9. The second-order valence-electron chi connectivity index (χ2n) is 2.73. The predicted molar refractivity (Wildman–Crippen MR) is 57.9 cm³/mol. The molecule has 0 saturated heterocycles. The maximum atomic E-state index is 11.5. The van der Waals surface area contributed by atoms with Crippen molar-refractivity contribution >= 4 is 21.8 Å². The average molecular weight is 258 g/mol. The van der Waals surface area contributed by atoms with Crippen LogP contribution in [0.25, 0.3) is 0 Å². The topological polar surface area (TPSA) is 68.0 Å². The minimum absolute atomic E-state index is 0.175. The Morgan fingerprint density at radius 2 is 2.43 bits per heavy atom. The Balaban J connectivity index is 2.56. The molecule has 0 fully saturated rings. The minimum Gasteiger partial charge on any atom is -0.351 e. The molecule has 0 unspecified atom stereocenters. The lowest BCUT2D eigenvalue weighted by molar-refractivity contribution is 0.0947. The highest BCUT2D eigenvalue weighted by Gasteiger charge is 2.09. The number of amides is 1. The van der Waals surface area contributed by atoms with Crippen LogP contribution in [0.15, 0.2) is 22.8 Å². The van der Waals surface area contributed by atoms with Gasteiger partial charge in [0.2, 0.25) is 0 Å². The third-order valence-electron chi connectivity index (χ3n) is 1.64. The quantitative estimate of drug-likeness (QED) is 0.789. The largest absolute Gasteiger partial charge is 0.351 e. The molecule has 3 N–H and O–H groups in total. The fourth-order valence-corrected chi connectivity index (χ4v) is 1.38. The normalized spacial score (nSPS) is 9.86. The average Bonchev–Trinajstić information content (AvgIpc) is 2.18. The van der Waals surface area contributed by atoms with E-state index in [9.17, 15) is 4.79 Å². The molecule has 1 amide bonds. The van der Waals surface area contributed by atoms with Gasteiger partial charge in [0.1, 0.15) is 5.69 Å². The molecule has 1 aromatic heterocycles. The number of nitrogens with one attached hydrogen (secondary N) is 1. The Morgan fingerprint density at radius 3 is 3.07 bits per heavy atom. The fourth-order valence-electron chi connectivity index (χ4n) is 0.940. The third-order valence-corrected chi connectivity index (χ3v) is 2.28. The Bertz CT molecular complexity index is 317. The van der Waals surface area contributed by atoms with Crippen molar-refractivity contribution in [2.75, 3.05) is 13.1 Å². The van der Waals surface area contributed by atoms with E-state index in [-0.39, 0.29) is 5.91 Å². The van der Waals surface area contributed by atoms with Crippen LogP contribution in [0.5, 0.6) is 0 Å². The van der Waals surface area contributed by atoms with Crippen LogP contribution < -0.4 is 11.1 Å². The van der Waals surface area contributed by atoms with Crippen molar-refractivity contribution in [1.29, 1.82) is 0 Å². The van der Waals surface area contributed by atoms with Gasteiger partial charge in [-0.2, -0.15) is 0 Å². The molecule has 0 atom stereocenters. The van der Waals surface area contributed by atoms with E-state index in [4.69, 9.17) is 5.73 Å². The monoisotopic (exact) mass is 257 g/mol. The molecule has 0 aromatic carbocycles. The van der Waals surface area contributed by atoms with Gasteiger partial charge >= 0.3 is 0 Å². The van der Waals surface area contributed by atoms with Gasteiger partial charge in [0.05, 0.1) is 0 Å². The number of nitrogens with zero attached hydrogens (tertiary/aromatic N) is 1. The third kappa shape index (κ3) is 3.08. The number of hydrogen-bond acceptors (Lipinski definition) is 3. The lowest BCUT2D eigenvalue weighted by Crippen LogP contribution is -2.27. The first-order valence-corrected chi connectivity index (χ1v) is 5.14. The Morgan fingerprint density at radius 1 is 1.64 bits per heavy atom. The van der Waals surface area contributed by atoms with E-state index in [2.05, 4.69) is 26.2 Å². The number of pyridine rings is 1. The second-order valence-corrected chi connectivity index (χ2v) is 3.59. The Kier molecular flexibility index (Phi) is 4.55. The molecule has 0 saturated carbocycles. The van der Waals surface area contributed by atoms with Gasteiger partial charge in [0.15, 0.2) is 0 Å². The molecule has 0 aliphatic rings. The highest BCUT2D eigenvalue weighted by Crippen LogP contribution is 2.12. The van der Waals surface area contributed by atoms with E-state index in [1.54, 1.807) is 18.3 Å². The van der Waals surface area contributed by atoms with Gasteiger partial charge in [-0.1, -0.05) is 0 Å². The number of halogens is 1. The number of carbonyl (C=O) groups excluding carboxylic acids is 1. The van der Waals surface area contributed by atoms with E-state index < -0.39 is 0 Å². The number of aromatic nitrogens is 1. The zero-order valence-corrected chi connectivity index (χ0v) is 9.25. The maximum Gasteiger partial charge on any atom is 0.271 e. The Hall–Kier alpha value is -0.940. The van der Waals surface area contributed by atoms with Gasteiger partial charge in [0, 0.05) is 17.2 Å². The number of nitrogens with two attached hydrogens (primary N) is 1. The summed E-state index contributed by atoms with van der Waals surface area (Å²) in [6.07, 6.45) is 2.36. The molecule has 0 spiro atoms. The van der Waals surface area contributed by atoms with Gasteiger partial charge in [-0.3, -0.25) is 4.79 Å².